The largest absolute Gasteiger partial charge is 0.423 e. The Balaban J connectivity index is 1.62. The monoisotopic (exact) mass is 396 g/mol. The fourth-order valence-corrected chi connectivity index (χ4v) is 4.11. The maximum atomic E-state index is 13.3. The first-order valence-corrected chi connectivity index (χ1v) is 9.82. The fourth-order valence-electron chi connectivity index (χ4n) is 4.11. The number of aryl methyl sites for hydroxylation is 2. The first kappa shape index (κ1) is 18.2. The minimum atomic E-state index is -0.375. The molecule has 3 aromatic carbocycles. The number of carbonyl (C=O) groups is 1. The van der Waals surface area contributed by atoms with Crippen LogP contribution >= 0.6 is 0 Å². The van der Waals surface area contributed by atoms with E-state index in [1.54, 1.807) is 4.90 Å². The lowest BCUT2D eigenvalue weighted by atomic mass is 10.1. The van der Waals surface area contributed by atoms with Crippen LogP contribution in [-0.4, -0.2) is 5.91 Å². The number of benzene rings is 3. The van der Waals surface area contributed by atoms with Crippen molar-refractivity contribution >= 4 is 28.3 Å². The van der Waals surface area contributed by atoms with E-state index in [0.717, 1.165) is 33.5 Å². The number of nitrogens with zero attached hydrogens (tertiary/aromatic N) is 1. The highest BCUT2D eigenvalue weighted by Gasteiger charge is 2.38. The van der Waals surface area contributed by atoms with Crippen molar-refractivity contribution in [3.8, 4) is 0 Å². The van der Waals surface area contributed by atoms with E-state index in [4.69, 9.17) is 4.42 Å². The molecule has 1 aromatic heterocycles. The van der Waals surface area contributed by atoms with E-state index in [9.17, 15) is 9.59 Å². The van der Waals surface area contributed by atoms with E-state index in [1.165, 1.54) is 6.07 Å². The van der Waals surface area contributed by atoms with Gasteiger partial charge in [0.05, 0.1) is 0 Å². The number of fused-ring (bicyclic) bond motifs is 2. The van der Waals surface area contributed by atoms with E-state index in [0.29, 0.717) is 11.1 Å². The summed E-state index contributed by atoms with van der Waals surface area (Å²) in [5.74, 6) is -0.0411. The van der Waals surface area contributed by atoms with E-state index in [1.807, 2.05) is 80.6 Å². The third kappa shape index (κ3) is 2.87. The number of rotatable bonds is 3. The summed E-state index contributed by atoms with van der Waals surface area (Å²) in [6, 6.07) is 22.6. The maximum absolute atomic E-state index is 13.3. The highest BCUT2D eigenvalue weighted by molar-refractivity contribution is 6.11. The van der Waals surface area contributed by atoms with Gasteiger partial charge in [-0.3, -0.25) is 9.69 Å². The molecule has 148 valence electrons. The third-order valence-corrected chi connectivity index (χ3v) is 5.59. The second-order valence-corrected chi connectivity index (χ2v) is 7.56. The average Bonchev–Trinajstić information content (AvgIpc) is 3.00. The summed E-state index contributed by atoms with van der Waals surface area (Å²) in [6.07, 6.45) is -0.371. The van der Waals surface area contributed by atoms with Gasteiger partial charge in [0.15, 0.2) is 0 Å². The lowest BCUT2D eigenvalue weighted by Crippen LogP contribution is -2.32. The Hall–Kier alpha value is -3.86. The first-order chi connectivity index (χ1) is 14.5. The number of para-hydroxylation sites is 1. The molecule has 1 N–H and O–H groups in total. The molecule has 1 aliphatic heterocycles. The highest BCUT2D eigenvalue weighted by Crippen LogP contribution is 2.39. The molecular formula is C25H20N2O3. The number of hydrogen-bond acceptors (Lipinski definition) is 4. The van der Waals surface area contributed by atoms with Crippen LogP contribution in [0.1, 0.15) is 33.2 Å². The molecular weight excluding hydrogens is 376 g/mol. The van der Waals surface area contributed by atoms with Gasteiger partial charge in [-0.05, 0) is 49.2 Å². The Morgan fingerprint density at radius 2 is 1.63 bits per heavy atom. The summed E-state index contributed by atoms with van der Waals surface area (Å²) in [5, 5.41) is 4.37. The number of amides is 1. The van der Waals surface area contributed by atoms with Crippen LogP contribution in [0.15, 0.2) is 82.0 Å². The van der Waals surface area contributed by atoms with Gasteiger partial charge >= 0.3 is 5.63 Å². The molecule has 0 spiro atoms. The van der Waals surface area contributed by atoms with Gasteiger partial charge in [-0.2, -0.15) is 0 Å². The molecule has 0 unspecified atom stereocenters. The number of carbonyl (C=O) groups excluding carboxylic acids is 1. The van der Waals surface area contributed by atoms with Gasteiger partial charge in [-0.25, -0.2) is 4.79 Å². The predicted molar refractivity (Wildman–Crippen MR) is 118 cm³/mol. The molecule has 5 nitrogen and oxygen atoms in total. The van der Waals surface area contributed by atoms with Crippen LogP contribution < -0.4 is 15.8 Å². The van der Waals surface area contributed by atoms with Crippen LogP contribution in [0.5, 0.6) is 0 Å². The Labute approximate surface area is 173 Å². The molecule has 1 amide bonds. The van der Waals surface area contributed by atoms with Gasteiger partial charge in [0, 0.05) is 40.0 Å². The number of anilines is 2. The zero-order valence-corrected chi connectivity index (χ0v) is 16.7. The number of nitrogens with one attached hydrogen (secondary N) is 1. The van der Waals surface area contributed by atoms with E-state index >= 15 is 0 Å². The smallest absolute Gasteiger partial charge is 0.336 e. The molecule has 5 rings (SSSR count). The molecule has 0 aliphatic carbocycles. The van der Waals surface area contributed by atoms with Crippen molar-refractivity contribution in [1.29, 1.82) is 0 Å². The summed E-state index contributed by atoms with van der Waals surface area (Å²) in [6.45, 7) is 3.88. The summed E-state index contributed by atoms with van der Waals surface area (Å²) in [4.78, 5) is 26.9. The van der Waals surface area contributed by atoms with Crippen LogP contribution in [0, 0.1) is 13.8 Å². The molecule has 30 heavy (non-hydrogen) atoms. The molecule has 4 aromatic rings. The van der Waals surface area contributed by atoms with Crippen molar-refractivity contribution < 1.29 is 9.21 Å². The van der Waals surface area contributed by atoms with Crippen molar-refractivity contribution in [3.05, 3.63) is 105 Å². The van der Waals surface area contributed by atoms with Gasteiger partial charge in [-0.15, -0.1) is 0 Å². The van der Waals surface area contributed by atoms with Crippen molar-refractivity contribution in [2.75, 3.05) is 10.2 Å². The van der Waals surface area contributed by atoms with Gasteiger partial charge in [0.25, 0.3) is 5.91 Å². The molecule has 2 heterocycles. The number of hydrogen-bond donors (Lipinski definition) is 1. The van der Waals surface area contributed by atoms with E-state index in [2.05, 4.69) is 5.32 Å². The predicted octanol–water partition coefficient (Wildman–Crippen LogP) is 5.18. The first-order valence-electron chi connectivity index (χ1n) is 9.82. The van der Waals surface area contributed by atoms with Crippen molar-refractivity contribution in [2.24, 2.45) is 0 Å². The molecule has 0 bridgehead atoms. The molecule has 0 fully saturated rings. The van der Waals surface area contributed by atoms with Crippen molar-refractivity contribution in [2.45, 2.75) is 20.0 Å². The molecule has 0 radical (unpaired) electrons. The van der Waals surface area contributed by atoms with Crippen LogP contribution in [0.25, 0.3) is 11.0 Å². The maximum Gasteiger partial charge on any atom is 0.336 e. The lowest BCUT2D eigenvalue weighted by molar-refractivity contribution is 0.0993. The molecule has 0 saturated carbocycles. The fraction of sp³-hybridized carbons (Fsp3) is 0.120. The summed E-state index contributed by atoms with van der Waals surface area (Å²) in [5.41, 5.74) is 5.26. The Bertz CT molecular complexity index is 1360. The van der Waals surface area contributed by atoms with Gasteiger partial charge in [0.1, 0.15) is 11.7 Å². The Morgan fingerprint density at radius 1 is 0.867 bits per heavy atom. The quantitative estimate of drug-likeness (QED) is 0.485. The molecule has 0 saturated heterocycles. The topological polar surface area (TPSA) is 62.6 Å². The van der Waals surface area contributed by atoms with E-state index in [-0.39, 0.29) is 17.7 Å². The minimum absolute atomic E-state index is 0.0411. The SMILES string of the molecule is Cc1ccccc1N1C(=O)c2ccccc2[C@@H]1Nc1ccc2c(C)cc(=O)oc2c1. The van der Waals surface area contributed by atoms with Crippen molar-refractivity contribution in [3.63, 3.8) is 0 Å². The van der Waals surface area contributed by atoms with Gasteiger partial charge < -0.3 is 9.73 Å². The highest BCUT2D eigenvalue weighted by atomic mass is 16.4. The van der Waals surface area contributed by atoms with Gasteiger partial charge in [0.2, 0.25) is 0 Å². The average molecular weight is 396 g/mol. The van der Waals surface area contributed by atoms with E-state index < -0.39 is 0 Å². The zero-order valence-electron chi connectivity index (χ0n) is 16.7. The zero-order chi connectivity index (χ0) is 20.8. The summed E-state index contributed by atoms with van der Waals surface area (Å²) >= 11 is 0. The second kappa shape index (κ2) is 6.88. The Kier molecular flexibility index (Phi) is 4.17. The summed E-state index contributed by atoms with van der Waals surface area (Å²) < 4.78 is 5.39. The van der Waals surface area contributed by atoms with Crippen LogP contribution in [0.3, 0.4) is 0 Å². The van der Waals surface area contributed by atoms with Gasteiger partial charge in [-0.1, -0.05) is 36.4 Å². The third-order valence-electron chi connectivity index (χ3n) is 5.59. The Morgan fingerprint density at radius 3 is 2.47 bits per heavy atom. The molecule has 5 heteroatoms. The van der Waals surface area contributed by atoms with Crippen LogP contribution in [0.4, 0.5) is 11.4 Å². The second-order valence-electron chi connectivity index (χ2n) is 7.56. The van der Waals surface area contributed by atoms with Crippen molar-refractivity contribution in [1.82, 2.24) is 0 Å². The minimum Gasteiger partial charge on any atom is -0.423 e. The summed E-state index contributed by atoms with van der Waals surface area (Å²) in [7, 11) is 0. The lowest BCUT2D eigenvalue weighted by Gasteiger charge is -2.28. The normalized spacial score (nSPS) is 15.5. The van der Waals surface area contributed by atoms with Crippen LogP contribution in [-0.2, 0) is 0 Å². The van der Waals surface area contributed by atoms with Crippen LogP contribution in [0.2, 0.25) is 0 Å². The standard InChI is InChI=1S/C25H20N2O3/c1-15-7-3-6-10-21(15)27-24(19-8-4-5-9-20(19)25(27)29)26-17-11-12-18-16(2)13-23(28)30-22(18)14-17/h3-14,24,26H,1-2H3/t24-/m1/s1. The molecule has 1 atom stereocenters. The molecule has 1 aliphatic rings.